The summed E-state index contributed by atoms with van der Waals surface area (Å²) in [6, 6.07) is 25.4. The Morgan fingerprint density at radius 1 is 1.00 bits per heavy atom. The van der Waals surface area contributed by atoms with Gasteiger partial charge in [-0.3, -0.25) is 4.79 Å². The average molecular weight is 518 g/mol. The molecule has 0 aliphatic rings. The van der Waals surface area contributed by atoms with Crippen molar-refractivity contribution in [3.8, 4) is 28.6 Å². The molecule has 0 bridgehead atoms. The molecule has 196 valence electrons. The molecule has 0 atom stereocenters. The van der Waals surface area contributed by atoms with Gasteiger partial charge in [-0.05, 0) is 74.2 Å². The molecule has 3 aromatic carbocycles. The maximum Gasteiger partial charge on any atom is 0.263 e. The Kier molecular flexibility index (Phi) is 7.29. The van der Waals surface area contributed by atoms with Gasteiger partial charge in [0, 0.05) is 12.0 Å². The second-order valence-electron chi connectivity index (χ2n) is 9.88. The van der Waals surface area contributed by atoms with Gasteiger partial charge in [-0.2, -0.15) is 15.3 Å². The minimum absolute atomic E-state index is 0.0594. The number of nitriles is 1. The van der Waals surface area contributed by atoms with Gasteiger partial charge in [0.15, 0.2) is 0 Å². The molecule has 2 aromatic heterocycles. The van der Waals surface area contributed by atoms with E-state index in [4.69, 9.17) is 4.74 Å². The van der Waals surface area contributed by atoms with E-state index in [1.54, 1.807) is 4.57 Å². The smallest absolute Gasteiger partial charge is 0.263 e. The Balaban J connectivity index is 1.61. The highest BCUT2D eigenvalue weighted by atomic mass is 16.5. The van der Waals surface area contributed by atoms with E-state index >= 15 is 0 Å². The average Bonchev–Trinajstić information content (AvgIpc) is 3.32. The van der Waals surface area contributed by atoms with Crippen molar-refractivity contribution >= 4 is 5.78 Å². The van der Waals surface area contributed by atoms with E-state index in [0.29, 0.717) is 41.3 Å². The van der Waals surface area contributed by atoms with Crippen molar-refractivity contribution in [1.82, 2.24) is 19.2 Å². The third-order valence-electron chi connectivity index (χ3n) is 6.61. The van der Waals surface area contributed by atoms with Gasteiger partial charge in [-0.25, -0.2) is 9.08 Å². The van der Waals surface area contributed by atoms with Crippen LogP contribution < -0.4 is 10.3 Å². The molecule has 5 rings (SSSR count). The van der Waals surface area contributed by atoms with Crippen LogP contribution in [0.25, 0.3) is 22.6 Å². The van der Waals surface area contributed by atoms with Crippen LogP contribution in [0.2, 0.25) is 0 Å². The largest absolute Gasteiger partial charge is 0.491 e. The number of ether oxygens (including phenoxy) is 1. The summed E-state index contributed by atoms with van der Waals surface area (Å²) in [4.78, 5) is 18.8. The number of nitrogens with zero attached hydrogens (tertiary/aromatic N) is 5. The summed E-state index contributed by atoms with van der Waals surface area (Å²) in [7, 11) is 0. The van der Waals surface area contributed by atoms with E-state index in [1.165, 1.54) is 0 Å². The molecule has 7 heteroatoms. The van der Waals surface area contributed by atoms with Gasteiger partial charge >= 0.3 is 0 Å². The summed E-state index contributed by atoms with van der Waals surface area (Å²) in [5, 5.41) is 14.2. The first-order valence-corrected chi connectivity index (χ1v) is 13.2. The Hall–Kier alpha value is -4.70. The zero-order valence-electron chi connectivity index (χ0n) is 22.7. The van der Waals surface area contributed by atoms with Crippen molar-refractivity contribution in [3.05, 3.63) is 111 Å². The summed E-state index contributed by atoms with van der Waals surface area (Å²) in [5.74, 6) is 1.86. The Bertz CT molecular complexity index is 1720. The Morgan fingerprint density at radius 2 is 1.72 bits per heavy atom. The van der Waals surface area contributed by atoms with E-state index < -0.39 is 0 Å². The van der Waals surface area contributed by atoms with Crippen LogP contribution in [-0.4, -0.2) is 25.3 Å². The maximum absolute atomic E-state index is 14.1. The van der Waals surface area contributed by atoms with Gasteiger partial charge in [0.2, 0.25) is 5.78 Å². The van der Waals surface area contributed by atoms with Crippen molar-refractivity contribution in [2.24, 2.45) is 0 Å². The number of hydrogen-bond donors (Lipinski definition) is 0. The third-order valence-corrected chi connectivity index (χ3v) is 6.61. The van der Waals surface area contributed by atoms with Crippen molar-refractivity contribution in [3.63, 3.8) is 0 Å². The zero-order valence-corrected chi connectivity index (χ0v) is 22.7. The van der Waals surface area contributed by atoms with Gasteiger partial charge in [-0.1, -0.05) is 55.8 Å². The Labute approximate surface area is 228 Å². The van der Waals surface area contributed by atoms with E-state index in [1.807, 2.05) is 98.1 Å². The quantitative estimate of drug-likeness (QED) is 0.250. The molecular weight excluding hydrogens is 486 g/mol. The summed E-state index contributed by atoms with van der Waals surface area (Å²) in [5.41, 5.74) is 5.69. The highest BCUT2D eigenvalue weighted by Gasteiger charge is 2.21. The number of benzene rings is 3. The monoisotopic (exact) mass is 517 g/mol. The molecule has 0 amide bonds. The molecule has 2 heterocycles. The number of aromatic nitrogens is 4. The molecule has 0 saturated heterocycles. The van der Waals surface area contributed by atoms with E-state index in [2.05, 4.69) is 23.1 Å². The molecule has 5 aromatic rings. The molecule has 0 fully saturated rings. The lowest BCUT2D eigenvalue weighted by Gasteiger charge is -2.16. The fourth-order valence-electron chi connectivity index (χ4n) is 4.90. The first-order chi connectivity index (χ1) is 18.9. The summed E-state index contributed by atoms with van der Waals surface area (Å²) in [6.07, 6.45) is 2.09. The summed E-state index contributed by atoms with van der Waals surface area (Å²) in [6.45, 7) is 7.90. The second-order valence-corrected chi connectivity index (χ2v) is 9.88. The van der Waals surface area contributed by atoms with Crippen molar-refractivity contribution in [2.45, 2.75) is 53.1 Å². The van der Waals surface area contributed by atoms with Crippen LogP contribution in [-0.2, 0) is 12.8 Å². The lowest BCUT2D eigenvalue weighted by molar-refractivity contribution is 0.242. The van der Waals surface area contributed by atoms with Gasteiger partial charge in [-0.15, -0.1) is 0 Å². The van der Waals surface area contributed by atoms with Crippen LogP contribution in [0.4, 0.5) is 0 Å². The molecular formula is C32H31N5O2. The maximum atomic E-state index is 14.1. The number of fused-ring (bicyclic) bond motifs is 1. The predicted molar refractivity (Wildman–Crippen MR) is 152 cm³/mol. The predicted octanol–water partition coefficient (Wildman–Crippen LogP) is 6.06. The standard InChI is InChI=1S/C32H31N5O2/c1-5-8-30-29(19-23-11-13-24(14-12-23)28-10-7-6-9-25(28)20-33)31(38)36(32-34-22(4)35-37(30)32)26-15-17-27(18-16-26)39-21(2)3/h6-7,9-18,21H,5,8,19H2,1-4H3. The van der Waals surface area contributed by atoms with Gasteiger partial charge in [0.05, 0.1) is 29.1 Å². The molecule has 0 aliphatic carbocycles. The van der Waals surface area contributed by atoms with Gasteiger partial charge < -0.3 is 4.74 Å². The number of aryl methyl sites for hydroxylation is 2. The number of hydrogen-bond acceptors (Lipinski definition) is 5. The molecule has 39 heavy (non-hydrogen) atoms. The minimum atomic E-state index is -0.102. The SMILES string of the molecule is CCCc1c(Cc2ccc(-c3ccccc3C#N)cc2)c(=O)n(-c2ccc(OC(C)C)cc2)c2nc(C)nn12. The van der Waals surface area contributed by atoms with Crippen LogP contribution >= 0.6 is 0 Å². The lowest BCUT2D eigenvalue weighted by atomic mass is 9.97. The Morgan fingerprint density at radius 3 is 2.38 bits per heavy atom. The topological polar surface area (TPSA) is 85.2 Å². The summed E-state index contributed by atoms with van der Waals surface area (Å²) >= 11 is 0. The van der Waals surface area contributed by atoms with Crippen molar-refractivity contribution in [2.75, 3.05) is 0 Å². The minimum Gasteiger partial charge on any atom is -0.491 e. The van der Waals surface area contributed by atoms with Crippen LogP contribution in [0.3, 0.4) is 0 Å². The van der Waals surface area contributed by atoms with Crippen LogP contribution in [0.1, 0.15) is 55.4 Å². The van der Waals surface area contributed by atoms with E-state index in [-0.39, 0.29) is 11.7 Å². The highest BCUT2D eigenvalue weighted by molar-refractivity contribution is 5.70. The summed E-state index contributed by atoms with van der Waals surface area (Å²) < 4.78 is 9.27. The molecule has 0 saturated carbocycles. The van der Waals surface area contributed by atoms with Crippen molar-refractivity contribution in [1.29, 1.82) is 5.26 Å². The molecule has 7 nitrogen and oxygen atoms in total. The second kappa shape index (κ2) is 11.0. The van der Waals surface area contributed by atoms with E-state index in [9.17, 15) is 10.1 Å². The molecule has 0 aliphatic heterocycles. The van der Waals surface area contributed by atoms with Gasteiger partial charge in [0.1, 0.15) is 11.6 Å². The van der Waals surface area contributed by atoms with E-state index in [0.717, 1.165) is 34.6 Å². The normalized spacial score (nSPS) is 11.2. The zero-order chi connectivity index (χ0) is 27.5. The van der Waals surface area contributed by atoms with Crippen LogP contribution in [0.15, 0.2) is 77.6 Å². The molecule has 0 radical (unpaired) electrons. The van der Waals surface area contributed by atoms with Crippen LogP contribution in [0.5, 0.6) is 5.75 Å². The fraction of sp³-hybridized carbons (Fsp3) is 0.250. The molecule has 0 unspecified atom stereocenters. The third kappa shape index (κ3) is 5.19. The molecule has 0 N–H and O–H groups in total. The fourth-order valence-corrected chi connectivity index (χ4v) is 4.90. The van der Waals surface area contributed by atoms with Crippen molar-refractivity contribution < 1.29 is 4.74 Å². The first-order valence-electron chi connectivity index (χ1n) is 13.2. The first kappa shape index (κ1) is 25.9. The highest BCUT2D eigenvalue weighted by Crippen LogP contribution is 2.25. The lowest BCUT2D eigenvalue weighted by Crippen LogP contribution is -2.28. The van der Waals surface area contributed by atoms with Gasteiger partial charge in [0.25, 0.3) is 5.56 Å². The molecule has 0 spiro atoms. The van der Waals surface area contributed by atoms with Crippen LogP contribution in [0, 0.1) is 18.3 Å². The number of rotatable bonds is 8.